The normalized spacial score (nSPS) is 10.6. The van der Waals surface area contributed by atoms with Crippen molar-refractivity contribution in [1.82, 2.24) is 4.98 Å². The zero-order chi connectivity index (χ0) is 15.0. The number of hydrogen-bond acceptors (Lipinski definition) is 2. The Labute approximate surface area is 123 Å². The van der Waals surface area contributed by atoms with E-state index in [1.54, 1.807) is 7.11 Å². The summed E-state index contributed by atoms with van der Waals surface area (Å²) in [5.41, 5.74) is 5.96. The number of nitrogens with zero attached hydrogens (tertiary/aromatic N) is 1. The first-order valence-electron chi connectivity index (χ1n) is 6.81. The molecule has 3 heteroatoms. The Morgan fingerprint density at radius 3 is 2.52 bits per heavy atom. The van der Waals surface area contributed by atoms with Crippen LogP contribution in [0.5, 0.6) is 5.75 Å². The van der Waals surface area contributed by atoms with Gasteiger partial charge in [-0.3, -0.25) is 0 Å². The van der Waals surface area contributed by atoms with E-state index in [0.29, 0.717) is 5.56 Å². The topological polar surface area (TPSA) is 48.8 Å². The number of hydrogen-bond donors (Lipinski definition) is 1. The average molecular weight is 276 g/mol. The molecule has 3 rings (SSSR count). The van der Waals surface area contributed by atoms with Crippen LogP contribution in [-0.2, 0) is 0 Å². The fraction of sp³-hybridized carbons (Fsp3) is 0.167. The van der Waals surface area contributed by atoms with E-state index in [0.717, 1.165) is 27.9 Å². The van der Waals surface area contributed by atoms with Crippen molar-refractivity contribution in [1.29, 1.82) is 5.26 Å². The first-order chi connectivity index (χ1) is 10.1. The third kappa shape index (κ3) is 2.15. The van der Waals surface area contributed by atoms with Crippen molar-refractivity contribution < 1.29 is 4.74 Å². The van der Waals surface area contributed by atoms with Crippen LogP contribution in [-0.4, -0.2) is 12.1 Å². The van der Waals surface area contributed by atoms with Crippen LogP contribution in [0.1, 0.15) is 16.7 Å². The van der Waals surface area contributed by atoms with E-state index in [4.69, 9.17) is 4.74 Å². The van der Waals surface area contributed by atoms with Crippen LogP contribution in [0, 0.1) is 25.2 Å². The molecule has 1 heterocycles. The van der Waals surface area contributed by atoms with Crippen molar-refractivity contribution in [3.05, 3.63) is 53.1 Å². The highest BCUT2D eigenvalue weighted by Gasteiger charge is 2.14. The molecule has 3 nitrogen and oxygen atoms in total. The summed E-state index contributed by atoms with van der Waals surface area (Å²) < 4.78 is 5.25. The van der Waals surface area contributed by atoms with E-state index in [2.05, 4.69) is 37.0 Å². The average Bonchev–Trinajstić information content (AvgIpc) is 2.87. The molecule has 0 aliphatic carbocycles. The van der Waals surface area contributed by atoms with Crippen LogP contribution in [0.2, 0.25) is 0 Å². The van der Waals surface area contributed by atoms with E-state index >= 15 is 0 Å². The quantitative estimate of drug-likeness (QED) is 0.757. The van der Waals surface area contributed by atoms with E-state index in [-0.39, 0.29) is 0 Å². The van der Waals surface area contributed by atoms with Crippen LogP contribution < -0.4 is 4.74 Å². The van der Waals surface area contributed by atoms with Crippen LogP contribution in [0.25, 0.3) is 22.2 Å². The third-order valence-electron chi connectivity index (χ3n) is 3.91. The van der Waals surface area contributed by atoms with Crippen molar-refractivity contribution in [3.63, 3.8) is 0 Å². The van der Waals surface area contributed by atoms with Gasteiger partial charge >= 0.3 is 0 Å². The highest BCUT2D eigenvalue weighted by molar-refractivity contribution is 5.94. The second-order valence-corrected chi connectivity index (χ2v) is 5.20. The summed E-state index contributed by atoms with van der Waals surface area (Å²) in [6.07, 6.45) is 0. The number of aromatic nitrogens is 1. The highest BCUT2D eigenvalue weighted by Crippen LogP contribution is 2.32. The molecule has 1 aromatic heterocycles. The van der Waals surface area contributed by atoms with Gasteiger partial charge in [0, 0.05) is 10.9 Å². The molecule has 0 radical (unpaired) electrons. The molecule has 0 aliphatic heterocycles. The zero-order valence-corrected chi connectivity index (χ0v) is 12.3. The van der Waals surface area contributed by atoms with Gasteiger partial charge in [-0.25, -0.2) is 0 Å². The van der Waals surface area contributed by atoms with E-state index in [1.165, 1.54) is 11.1 Å². The van der Waals surface area contributed by atoms with E-state index < -0.39 is 0 Å². The Bertz CT molecular complexity index is 869. The van der Waals surface area contributed by atoms with Crippen LogP contribution in [0.15, 0.2) is 36.4 Å². The number of benzene rings is 2. The predicted octanol–water partition coefficient (Wildman–Crippen LogP) is 4.33. The van der Waals surface area contributed by atoms with Gasteiger partial charge in [-0.2, -0.15) is 5.26 Å². The van der Waals surface area contributed by atoms with Gasteiger partial charge in [-0.05, 0) is 54.8 Å². The molecule has 104 valence electrons. The Balaban J connectivity index is 2.27. The minimum atomic E-state index is 0.659. The number of nitriles is 1. The molecule has 0 bridgehead atoms. The number of ether oxygens (including phenoxy) is 1. The van der Waals surface area contributed by atoms with Gasteiger partial charge in [0.05, 0.1) is 18.4 Å². The monoisotopic (exact) mass is 276 g/mol. The fourth-order valence-corrected chi connectivity index (χ4v) is 2.53. The largest absolute Gasteiger partial charge is 0.497 e. The highest BCUT2D eigenvalue weighted by atomic mass is 16.5. The third-order valence-corrected chi connectivity index (χ3v) is 3.91. The maximum absolute atomic E-state index is 9.54. The number of nitrogens with one attached hydrogen (secondary N) is 1. The van der Waals surface area contributed by atoms with Gasteiger partial charge in [0.15, 0.2) is 0 Å². The molecule has 0 saturated heterocycles. The smallest absolute Gasteiger partial charge is 0.119 e. The molecule has 21 heavy (non-hydrogen) atoms. The lowest BCUT2D eigenvalue weighted by atomic mass is 10.0. The first kappa shape index (κ1) is 13.3. The van der Waals surface area contributed by atoms with E-state index in [9.17, 15) is 5.26 Å². The van der Waals surface area contributed by atoms with Crippen LogP contribution in [0.4, 0.5) is 0 Å². The van der Waals surface area contributed by atoms with Crippen molar-refractivity contribution in [2.45, 2.75) is 13.8 Å². The van der Waals surface area contributed by atoms with Crippen molar-refractivity contribution >= 4 is 10.9 Å². The Kier molecular flexibility index (Phi) is 3.15. The summed E-state index contributed by atoms with van der Waals surface area (Å²) in [5, 5.41) is 10.4. The van der Waals surface area contributed by atoms with Crippen molar-refractivity contribution in [2.24, 2.45) is 0 Å². The van der Waals surface area contributed by atoms with Gasteiger partial charge in [0.2, 0.25) is 0 Å². The predicted molar refractivity (Wildman–Crippen MR) is 84.5 cm³/mol. The molecular formula is C18H16N2O. The summed E-state index contributed by atoms with van der Waals surface area (Å²) >= 11 is 0. The molecule has 3 aromatic rings. The van der Waals surface area contributed by atoms with Gasteiger partial charge in [-0.15, -0.1) is 0 Å². The maximum Gasteiger partial charge on any atom is 0.119 e. The molecule has 1 N–H and O–H groups in total. The van der Waals surface area contributed by atoms with Gasteiger partial charge in [0.25, 0.3) is 0 Å². The summed E-state index contributed by atoms with van der Waals surface area (Å²) in [4.78, 5) is 3.35. The molecule has 0 aliphatic rings. The Morgan fingerprint density at radius 2 is 1.86 bits per heavy atom. The van der Waals surface area contributed by atoms with Gasteiger partial charge in [-0.1, -0.05) is 12.1 Å². The minimum Gasteiger partial charge on any atom is -0.497 e. The number of rotatable bonds is 2. The Morgan fingerprint density at radius 1 is 1.05 bits per heavy atom. The van der Waals surface area contributed by atoms with Gasteiger partial charge < -0.3 is 9.72 Å². The SMILES string of the molecule is COc1ccc2[nH]c(-c3ccc(C)c(C)c3)c(C#N)c2c1. The number of H-pyrrole nitrogens is 1. The molecule has 0 amide bonds. The molecule has 0 atom stereocenters. The number of aromatic amines is 1. The molecule has 0 saturated carbocycles. The Hall–Kier alpha value is -2.73. The first-order valence-corrected chi connectivity index (χ1v) is 6.81. The van der Waals surface area contributed by atoms with E-state index in [1.807, 2.05) is 24.3 Å². The second-order valence-electron chi connectivity index (χ2n) is 5.20. The molecule has 0 spiro atoms. The minimum absolute atomic E-state index is 0.659. The molecule has 0 fully saturated rings. The summed E-state index contributed by atoms with van der Waals surface area (Å²) in [7, 11) is 1.63. The standard InChI is InChI=1S/C18H16N2O/c1-11-4-5-13(8-12(11)2)18-16(10-19)15-9-14(21-3)6-7-17(15)20-18/h4-9,20H,1-3H3. The molecule has 0 unspecified atom stereocenters. The zero-order valence-electron chi connectivity index (χ0n) is 12.3. The summed E-state index contributed by atoms with van der Waals surface area (Å²) in [6.45, 7) is 4.16. The van der Waals surface area contributed by atoms with Crippen LogP contribution >= 0.6 is 0 Å². The lowest BCUT2D eigenvalue weighted by Crippen LogP contribution is -1.86. The van der Waals surface area contributed by atoms with Crippen molar-refractivity contribution in [2.75, 3.05) is 7.11 Å². The summed E-state index contributed by atoms with van der Waals surface area (Å²) in [6, 6.07) is 14.3. The van der Waals surface area contributed by atoms with Gasteiger partial charge in [0.1, 0.15) is 11.8 Å². The lowest BCUT2D eigenvalue weighted by molar-refractivity contribution is 0.415. The van der Waals surface area contributed by atoms with Crippen molar-refractivity contribution in [3.8, 4) is 23.1 Å². The fourth-order valence-electron chi connectivity index (χ4n) is 2.53. The summed E-state index contributed by atoms with van der Waals surface area (Å²) in [5.74, 6) is 0.754. The number of fused-ring (bicyclic) bond motifs is 1. The number of aryl methyl sites for hydroxylation is 2. The maximum atomic E-state index is 9.54. The lowest BCUT2D eigenvalue weighted by Gasteiger charge is -2.04. The number of methoxy groups -OCH3 is 1. The van der Waals surface area contributed by atoms with Crippen LogP contribution in [0.3, 0.4) is 0 Å². The second kappa shape index (κ2) is 4.99. The molecule has 2 aromatic carbocycles. The molecular weight excluding hydrogens is 260 g/mol.